The van der Waals surface area contributed by atoms with E-state index in [1.54, 1.807) is 6.07 Å². The monoisotopic (exact) mass is 297 g/mol. The number of hydrogen-bond donors (Lipinski definition) is 0. The maximum absolute atomic E-state index is 12.5. The topological polar surface area (TPSA) is 23.8 Å². The average molecular weight is 298 g/mol. The van der Waals surface area contributed by atoms with Gasteiger partial charge in [-0.3, -0.25) is 0 Å². The lowest BCUT2D eigenvalue weighted by molar-refractivity contribution is -0.137. The lowest BCUT2D eigenvalue weighted by Crippen LogP contribution is -2.09. The number of nitrogens with zero attached hydrogens (tertiary/aromatic N) is 1. The van der Waals surface area contributed by atoms with E-state index >= 15 is 0 Å². The van der Waals surface area contributed by atoms with Crippen molar-refractivity contribution in [2.75, 3.05) is 0 Å². The Balaban J connectivity index is 3.46. The minimum atomic E-state index is -4.51. The van der Waals surface area contributed by atoms with Gasteiger partial charge < -0.3 is 0 Å². The first-order chi connectivity index (χ1) is 6.90. The van der Waals surface area contributed by atoms with Gasteiger partial charge in [-0.05, 0) is 17.7 Å². The molecule has 1 nitrogen and oxygen atoms in total. The smallest absolute Gasteiger partial charge is 0.192 e. The Labute approximate surface area is 97.6 Å². The highest BCUT2D eigenvalue weighted by Crippen LogP contribution is 2.38. The minimum absolute atomic E-state index is 0.00289. The zero-order valence-corrected chi connectivity index (χ0v) is 9.54. The summed E-state index contributed by atoms with van der Waals surface area (Å²) in [7, 11) is 0. The predicted molar refractivity (Wildman–Crippen MR) is 53.8 cm³/mol. The molecule has 0 aliphatic rings. The van der Waals surface area contributed by atoms with Gasteiger partial charge in [-0.25, -0.2) is 0 Å². The number of nitriles is 1. The van der Waals surface area contributed by atoms with Crippen LogP contribution in [0.5, 0.6) is 0 Å². The van der Waals surface area contributed by atoms with Gasteiger partial charge in [0.2, 0.25) is 0 Å². The van der Waals surface area contributed by atoms with Gasteiger partial charge in [-0.1, -0.05) is 27.5 Å². The molecule has 1 aromatic carbocycles. The number of halogens is 5. The van der Waals surface area contributed by atoms with E-state index in [1.165, 1.54) is 6.07 Å². The van der Waals surface area contributed by atoms with Crippen LogP contribution in [0.2, 0.25) is 5.02 Å². The van der Waals surface area contributed by atoms with Crippen LogP contribution in [0.3, 0.4) is 0 Å². The highest BCUT2D eigenvalue weighted by Gasteiger charge is 2.35. The van der Waals surface area contributed by atoms with Crippen LogP contribution in [-0.4, -0.2) is 0 Å². The Morgan fingerprint density at radius 1 is 1.40 bits per heavy atom. The van der Waals surface area contributed by atoms with Crippen LogP contribution in [0.1, 0.15) is 16.7 Å². The molecule has 0 atom stereocenters. The first kappa shape index (κ1) is 12.3. The van der Waals surface area contributed by atoms with Crippen molar-refractivity contribution in [3.05, 3.63) is 33.8 Å². The Morgan fingerprint density at radius 3 is 2.40 bits per heavy atom. The largest absolute Gasteiger partial charge is 0.418 e. The molecule has 0 saturated heterocycles. The zero-order chi connectivity index (χ0) is 11.6. The molecule has 80 valence electrons. The lowest BCUT2D eigenvalue weighted by atomic mass is 10.1. The minimum Gasteiger partial charge on any atom is -0.192 e. The molecule has 0 N–H and O–H groups in total. The van der Waals surface area contributed by atoms with Crippen LogP contribution >= 0.6 is 27.5 Å². The zero-order valence-electron chi connectivity index (χ0n) is 7.20. The second kappa shape index (κ2) is 4.42. The molecule has 0 radical (unpaired) electrons. The number of hydrogen-bond acceptors (Lipinski definition) is 1. The van der Waals surface area contributed by atoms with Crippen LogP contribution in [0, 0.1) is 11.3 Å². The molecule has 0 heterocycles. The molecule has 0 unspecified atom stereocenters. The van der Waals surface area contributed by atoms with E-state index in [4.69, 9.17) is 16.9 Å². The van der Waals surface area contributed by atoms with E-state index in [0.717, 1.165) is 6.07 Å². The third kappa shape index (κ3) is 2.64. The fourth-order valence-electron chi connectivity index (χ4n) is 1.15. The molecular weight excluding hydrogens is 294 g/mol. The van der Waals surface area contributed by atoms with Crippen molar-refractivity contribution in [3.8, 4) is 6.07 Å². The van der Waals surface area contributed by atoms with Crippen molar-refractivity contribution in [2.24, 2.45) is 0 Å². The Bertz CT molecular complexity index is 423. The second-order valence-corrected chi connectivity index (χ2v) is 3.70. The summed E-state index contributed by atoms with van der Waals surface area (Å²) in [5, 5.41) is 8.12. The van der Waals surface area contributed by atoms with Crippen molar-refractivity contribution in [1.82, 2.24) is 0 Å². The van der Waals surface area contributed by atoms with Gasteiger partial charge in [0.05, 0.1) is 22.2 Å². The molecule has 0 saturated carbocycles. The molecule has 0 bridgehead atoms. The Morgan fingerprint density at radius 2 is 2.00 bits per heavy atom. The van der Waals surface area contributed by atoms with E-state index in [-0.39, 0.29) is 16.5 Å². The molecule has 0 fully saturated rings. The standard InChI is InChI=1S/C9H4BrClF3N/c10-3-6-1-5(4-15)2-7(11)8(6)9(12,13)14/h1-2H,3H2. The van der Waals surface area contributed by atoms with E-state index in [0.29, 0.717) is 0 Å². The summed E-state index contributed by atoms with van der Waals surface area (Å²) in [4.78, 5) is 0. The molecule has 0 spiro atoms. The van der Waals surface area contributed by atoms with E-state index in [2.05, 4.69) is 15.9 Å². The molecule has 0 aliphatic heterocycles. The molecule has 6 heteroatoms. The fraction of sp³-hybridized carbons (Fsp3) is 0.222. The molecule has 0 aromatic heterocycles. The number of rotatable bonds is 1. The molecule has 1 aromatic rings. The highest BCUT2D eigenvalue weighted by atomic mass is 79.9. The predicted octanol–water partition coefficient (Wildman–Crippen LogP) is 4.13. The number of alkyl halides is 4. The normalized spacial score (nSPS) is 11.2. The van der Waals surface area contributed by atoms with E-state index in [1.807, 2.05) is 0 Å². The van der Waals surface area contributed by atoms with Crippen LogP contribution in [0.15, 0.2) is 12.1 Å². The average Bonchev–Trinajstić information content (AvgIpc) is 2.14. The molecule has 1 rings (SSSR count). The van der Waals surface area contributed by atoms with E-state index in [9.17, 15) is 13.2 Å². The quantitative estimate of drug-likeness (QED) is 0.715. The van der Waals surface area contributed by atoms with Crippen molar-refractivity contribution < 1.29 is 13.2 Å². The lowest BCUT2D eigenvalue weighted by Gasteiger charge is -2.13. The van der Waals surface area contributed by atoms with Crippen LogP contribution < -0.4 is 0 Å². The summed E-state index contributed by atoms with van der Waals surface area (Å²) < 4.78 is 37.6. The first-order valence-corrected chi connectivity index (χ1v) is 5.25. The SMILES string of the molecule is N#Cc1cc(Cl)c(C(F)(F)F)c(CBr)c1. The molecule has 0 aliphatic carbocycles. The fourth-order valence-corrected chi connectivity index (χ4v) is 1.94. The highest BCUT2D eigenvalue weighted by molar-refractivity contribution is 9.08. The summed E-state index contributed by atoms with van der Waals surface area (Å²) in [5.41, 5.74) is -0.811. The van der Waals surface area contributed by atoms with Crippen LogP contribution in [0.4, 0.5) is 13.2 Å². The molecular formula is C9H4BrClF3N. The maximum Gasteiger partial charge on any atom is 0.418 e. The van der Waals surface area contributed by atoms with Gasteiger partial charge in [-0.15, -0.1) is 0 Å². The van der Waals surface area contributed by atoms with Crippen molar-refractivity contribution >= 4 is 27.5 Å². The van der Waals surface area contributed by atoms with Gasteiger partial charge in [0.15, 0.2) is 0 Å². The van der Waals surface area contributed by atoms with Crippen molar-refractivity contribution in [1.29, 1.82) is 5.26 Å². The molecule has 15 heavy (non-hydrogen) atoms. The van der Waals surface area contributed by atoms with Gasteiger partial charge in [-0.2, -0.15) is 18.4 Å². The van der Waals surface area contributed by atoms with E-state index < -0.39 is 16.8 Å². The van der Waals surface area contributed by atoms with Gasteiger partial charge in [0, 0.05) is 5.33 Å². The molecule has 0 amide bonds. The van der Waals surface area contributed by atoms with Gasteiger partial charge in [0.25, 0.3) is 0 Å². The second-order valence-electron chi connectivity index (χ2n) is 2.74. The number of benzene rings is 1. The van der Waals surface area contributed by atoms with Gasteiger partial charge in [0.1, 0.15) is 0 Å². The summed E-state index contributed by atoms with van der Waals surface area (Å²) in [5.74, 6) is 0. The third-order valence-corrected chi connectivity index (χ3v) is 2.63. The van der Waals surface area contributed by atoms with Crippen LogP contribution in [0.25, 0.3) is 0 Å². The van der Waals surface area contributed by atoms with Crippen molar-refractivity contribution in [3.63, 3.8) is 0 Å². The summed E-state index contributed by atoms with van der Waals surface area (Å²) in [6.45, 7) is 0. The summed E-state index contributed by atoms with van der Waals surface area (Å²) in [6.07, 6.45) is -4.51. The Kier molecular flexibility index (Phi) is 3.63. The summed E-state index contributed by atoms with van der Waals surface area (Å²) in [6, 6.07) is 3.93. The van der Waals surface area contributed by atoms with Crippen LogP contribution in [-0.2, 0) is 11.5 Å². The first-order valence-electron chi connectivity index (χ1n) is 3.76. The summed E-state index contributed by atoms with van der Waals surface area (Å²) >= 11 is 8.42. The third-order valence-electron chi connectivity index (χ3n) is 1.73. The maximum atomic E-state index is 12.5. The Hall–Kier alpha value is -0.730. The van der Waals surface area contributed by atoms with Crippen molar-refractivity contribution in [2.45, 2.75) is 11.5 Å². The van der Waals surface area contributed by atoms with Gasteiger partial charge >= 0.3 is 6.18 Å².